The van der Waals surface area contributed by atoms with E-state index in [0.29, 0.717) is 45.6 Å². The first-order valence-electron chi connectivity index (χ1n) is 11.2. The number of piperidine rings is 1. The molecule has 0 bridgehead atoms. The average Bonchev–Trinajstić information content (AvgIpc) is 3.10. The largest absolute Gasteiger partial charge is 0.364 e. The highest BCUT2D eigenvalue weighted by atomic mass is 32.1. The van der Waals surface area contributed by atoms with E-state index in [0.717, 1.165) is 23.2 Å². The van der Waals surface area contributed by atoms with E-state index in [9.17, 15) is 18.4 Å². The number of hydrogen-bond acceptors (Lipinski definition) is 6. The summed E-state index contributed by atoms with van der Waals surface area (Å²) in [5, 5.41) is 2.25. The van der Waals surface area contributed by atoms with Crippen LogP contribution in [0.5, 0.6) is 0 Å². The number of para-hydroxylation sites is 1. The van der Waals surface area contributed by atoms with E-state index in [1.807, 2.05) is 4.90 Å². The van der Waals surface area contributed by atoms with Crippen LogP contribution in [0.1, 0.15) is 34.9 Å². The van der Waals surface area contributed by atoms with Gasteiger partial charge in [0.2, 0.25) is 11.8 Å². The maximum Gasteiger partial charge on any atom is 0.243 e. The zero-order valence-electron chi connectivity index (χ0n) is 18.1. The third kappa shape index (κ3) is 4.37. The number of halogens is 2. The van der Waals surface area contributed by atoms with Gasteiger partial charge in [0.15, 0.2) is 0 Å². The number of fused-ring (bicyclic) bond motifs is 1. The number of rotatable bonds is 4. The third-order valence-electron chi connectivity index (χ3n) is 6.80. The van der Waals surface area contributed by atoms with Crippen LogP contribution in [0.4, 0.5) is 14.5 Å². The lowest BCUT2D eigenvalue weighted by molar-refractivity contribution is -0.137. The van der Waals surface area contributed by atoms with Crippen molar-refractivity contribution in [3.63, 3.8) is 0 Å². The number of nitrogens with one attached hydrogen (secondary N) is 1. The topological polar surface area (TPSA) is 55.9 Å². The van der Waals surface area contributed by atoms with Crippen LogP contribution in [-0.2, 0) is 22.7 Å². The van der Waals surface area contributed by atoms with Crippen molar-refractivity contribution in [3.05, 3.63) is 64.7 Å². The van der Waals surface area contributed by atoms with Crippen LogP contribution in [-0.4, -0.2) is 53.8 Å². The minimum Gasteiger partial charge on any atom is -0.364 e. The molecule has 2 atom stereocenters. The van der Waals surface area contributed by atoms with Gasteiger partial charge in [0.25, 0.3) is 0 Å². The van der Waals surface area contributed by atoms with Crippen molar-refractivity contribution in [2.45, 2.75) is 37.3 Å². The predicted octanol–water partition coefficient (Wildman–Crippen LogP) is 2.84. The Bertz CT molecular complexity index is 1070. The number of hydrogen-bond donors (Lipinski definition) is 2. The molecule has 174 valence electrons. The molecule has 0 aromatic heterocycles. The van der Waals surface area contributed by atoms with Crippen molar-refractivity contribution in [2.24, 2.45) is 0 Å². The minimum atomic E-state index is -0.524. The zero-order valence-corrected chi connectivity index (χ0v) is 19.0. The molecule has 2 aromatic rings. The molecule has 2 aromatic carbocycles. The highest BCUT2D eigenvalue weighted by Gasteiger charge is 2.39. The average molecular weight is 473 g/mol. The lowest BCUT2D eigenvalue weighted by Crippen LogP contribution is -2.51. The molecule has 0 saturated carbocycles. The van der Waals surface area contributed by atoms with E-state index in [2.05, 4.69) is 28.4 Å². The van der Waals surface area contributed by atoms with Crippen LogP contribution in [0.15, 0.2) is 36.4 Å². The van der Waals surface area contributed by atoms with Crippen molar-refractivity contribution in [1.29, 1.82) is 0 Å². The van der Waals surface area contributed by atoms with Crippen LogP contribution in [0.25, 0.3) is 0 Å². The lowest BCUT2D eigenvalue weighted by Gasteiger charge is -2.36. The minimum absolute atomic E-state index is 0.0584. The van der Waals surface area contributed by atoms with E-state index in [1.165, 1.54) is 18.2 Å². The Balaban J connectivity index is 1.22. The van der Waals surface area contributed by atoms with Crippen LogP contribution >= 0.6 is 12.6 Å². The number of imide groups is 1. The summed E-state index contributed by atoms with van der Waals surface area (Å²) in [6, 6.07) is 9.93. The molecule has 9 heteroatoms. The number of piperazine rings is 1. The molecule has 3 aliphatic heterocycles. The number of thiol groups is 1. The van der Waals surface area contributed by atoms with Crippen molar-refractivity contribution < 1.29 is 18.4 Å². The smallest absolute Gasteiger partial charge is 0.243 e. The van der Waals surface area contributed by atoms with Crippen molar-refractivity contribution in [3.8, 4) is 0 Å². The van der Waals surface area contributed by atoms with E-state index >= 15 is 0 Å². The highest BCUT2D eigenvalue weighted by Crippen LogP contribution is 2.39. The Morgan fingerprint density at radius 1 is 1.03 bits per heavy atom. The van der Waals surface area contributed by atoms with Crippen molar-refractivity contribution in [1.82, 2.24) is 15.1 Å². The van der Waals surface area contributed by atoms with E-state index < -0.39 is 11.6 Å². The summed E-state index contributed by atoms with van der Waals surface area (Å²) in [5.41, 5.74) is 3.45. The van der Waals surface area contributed by atoms with Gasteiger partial charge in [0.05, 0.1) is 11.4 Å². The van der Waals surface area contributed by atoms with Gasteiger partial charge in [-0.05, 0) is 35.2 Å². The van der Waals surface area contributed by atoms with Crippen LogP contribution in [0.2, 0.25) is 0 Å². The Morgan fingerprint density at radius 2 is 1.76 bits per heavy atom. The number of carbonyl (C=O) groups is 2. The molecular weight excluding hydrogens is 446 g/mol. The van der Waals surface area contributed by atoms with Gasteiger partial charge < -0.3 is 4.90 Å². The zero-order chi connectivity index (χ0) is 23.1. The Morgan fingerprint density at radius 3 is 2.45 bits per heavy atom. The summed E-state index contributed by atoms with van der Waals surface area (Å²) in [7, 11) is 0. The molecule has 1 N–H and O–H groups in total. The summed E-state index contributed by atoms with van der Waals surface area (Å²) >= 11 is 4.75. The monoisotopic (exact) mass is 472 g/mol. The molecule has 2 amide bonds. The van der Waals surface area contributed by atoms with E-state index in [4.69, 9.17) is 12.6 Å². The quantitative estimate of drug-likeness (QED) is 0.530. The molecule has 3 aliphatic rings. The van der Waals surface area contributed by atoms with Crippen LogP contribution in [0, 0.1) is 11.6 Å². The Labute approximate surface area is 196 Å². The van der Waals surface area contributed by atoms with Crippen LogP contribution in [0.3, 0.4) is 0 Å². The van der Waals surface area contributed by atoms with Crippen LogP contribution < -0.4 is 10.2 Å². The van der Waals surface area contributed by atoms with Gasteiger partial charge in [-0.25, -0.2) is 8.78 Å². The molecule has 33 heavy (non-hydrogen) atoms. The van der Waals surface area contributed by atoms with Gasteiger partial charge in [-0.15, -0.1) is 0 Å². The van der Waals surface area contributed by atoms with Gasteiger partial charge in [-0.3, -0.25) is 24.7 Å². The third-order valence-corrected chi connectivity index (χ3v) is 7.37. The lowest BCUT2D eigenvalue weighted by atomic mass is 10.0. The molecule has 0 aliphatic carbocycles. The van der Waals surface area contributed by atoms with Gasteiger partial charge in [0.1, 0.15) is 17.3 Å². The summed E-state index contributed by atoms with van der Waals surface area (Å²) in [5.74, 6) is -1.51. The van der Waals surface area contributed by atoms with E-state index in [-0.39, 0.29) is 28.9 Å². The molecule has 2 fully saturated rings. The second-order valence-electron chi connectivity index (χ2n) is 8.88. The number of anilines is 1. The Kier molecular flexibility index (Phi) is 6.11. The summed E-state index contributed by atoms with van der Waals surface area (Å²) in [6.45, 7) is 3.90. The van der Waals surface area contributed by atoms with Gasteiger partial charge in [0, 0.05) is 45.7 Å². The van der Waals surface area contributed by atoms with Crippen molar-refractivity contribution >= 4 is 30.1 Å². The van der Waals surface area contributed by atoms with Gasteiger partial charge in [-0.1, -0.05) is 24.3 Å². The highest BCUT2D eigenvalue weighted by molar-refractivity contribution is 7.80. The Hall–Kier alpha value is -2.49. The second-order valence-corrected chi connectivity index (χ2v) is 9.37. The number of carbonyl (C=O) groups excluding carboxylic acids is 2. The molecule has 5 rings (SSSR count). The summed E-state index contributed by atoms with van der Waals surface area (Å²) < 4.78 is 28.2. The summed E-state index contributed by atoms with van der Waals surface area (Å²) in [4.78, 5) is 29.9. The fraction of sp³-hybridized carbons (Fsp3) is 0.417. The fourth-order valence-corrected chi connectivity index (χ4v) is 5.56. The standard InChI is InChI=1S/C24H26F2N4O2S/c25-18-2-1-3-19(26)22(18)29-10-8-28(9-11-29)13-15-4-5-17-16(12-15)14-30(24(17)33)20-6-7-21(31)27-23(20)32/h1-5,12,20,24,33H,6-11,13-14H2,(H,27,31,32). The molecule has 6 nitrogen and oxygen atoms in total. The maximum atomic E-state index is 14.1. The molecular formula is C24H26F2N4O2S. The first-order chi connectivity index (χ1) is 15.9. The molecule has 2 unspecified atom stereocenters. The SMILES string of the molecule is O=C1CCC(N2Cc3cc(CN4CCN(c5c(F)cccc5F)CC4)ccc3C2S)C(=O)N1. The first kappa shape index (κ1) is 22.3. The second kappa shape index (κ2) is 9.04. The number of benzene rings is 2. The molecule has 0 spiro atoms. The number of amides is 2. The predicted molar refractivity (Wildman–Crippen MR) is 124 cm³/mol. The summed E-state index contributed by atoms with van der Waals surface area (Å²) in [6.07, 6.45) is 0.854. The van der Waals surface area contributed by atoms with Crippen molar-refractivity contribution in [2.75, 3.05) is 31.1 Å². The van der Waals surface area contributed by atoms with Gasteiger partial charge in [-0.2, -0.15) is 12.6 Å². The fourth-order valence-electron chi connectivity index (χ4n) is 5.07. The van der Waals surface area contributed by atoms with E-state index in [1.54, 1.807) is 4.90 Å². The molecule has 3 heterocycles. The number of nitrogens with zero attached hydrogens (tertiary/aromatic N) is 3. The molecule has 2 saturated heterocycles. The normalized spacial score (nSPS) is 24.2. The first-order valence-corrected chi connectivity index (χ1v) is 11.7. The van der Waals surface area contributed by atoms with Gasteiger partial charge >= 0.3 is 0 Å². The maximum absolute atomic E-state index is 14.1. The molecule has 0 radical (unpaired) electrons.